The van der Waals surface area contributed by atoms with Gasteiger partial charge in [0.2, 0.25) is 0 Å². The Hall–Kier alpha value is -1.13. The first kappa shape index (κ1) is 12.9. The molecule has 3 rings (SSSR count). The Morgan fingerprint density at radius 1 is 1.32 bits per heavy atom. The molecule has 0 unspecified atom stereocenters. The van der Waals surface area contributed by atoms with Crippen LogP contribution >= 0.6 is 23.4 Å². The van der Waals surface area contributed by atoms with E-state index in [1.165, 1.54) is 24.3 Å². The van der Waals surface area contributed by atoms with Gasteiger partial charge < -0.3 is 9.88 Å². The van der Waals surface area contributed by atoms with Gasteiger partial charge in [-0.3, -0.25) is 0 Å². The van der Waals surface area contributed by atoms with E-state index in [0.717, 1.165) is 16.4 Å². The predicted octanol–water partition coefficient (Wildman–Crippen LogP) is 3.83. The second-order valence-corrected chi connectivity index (χ2v) is 6.27. The Kier molecular flexibility index (Phi) is 3.99. The van der Waals surface area contributed by atoms with Crippen molar-refractivity contribution < 1.29 is 0 Å². The molecule has 1 N–H and O–H groups in total. The van der Waals surface area contributed by atoms with E-state index in [0.29, 0.717) is 6.04 Å². The summed E-state index contributed by atoms with van der Waals surface area (Å²) >= 11 is 8.38. The van der Waals surface area contributed by atoms with Crippen LogP contribution in [0.2, 0.25) is 5.02 Å². The van der Waals surface area contributed by atoms with Crippen molar-refractivity contribution in [3.8, 4) is 5.69 Å². The zero-order chi connectivity index (χ0) is 13.1. The molecule has 2 heterocycles. The monoisotopic (exact) mass is 293 g/mol. The van der Waals surface area contributed by atoms with Crippen LogP contribution in [0, 0.1) is 0 Å². The van der Waals surface area contributed by atoms with Crippen LogP contribution < -0.4 is 5.32 Å². The summed E-state index contributed by atoms with van der Waals surface area (Å²) in [5, 5.41) is 4.38. The fourth-order valence-electron chi connectivity index (χ4n) is 2.35. The van der Waals surface area contributed by atoms with E-state index < -0.39 is 0 Å². The van der Waals surface area contributed by atoms with Gasteiger partial charge in [0.1, 0.15) is 0 Å². The molecule has 0 amide bonds. The first-order valence-electron chi connectivity index (χ1n) is 6.46. The van der Waals surface area contributed by atoms with Crippen molar-refractivity contribution in [1.82, 2.24) is 9.55 Å². The zero-order valence-electron chi connectivity index (χ0n) is 10.6. The van der Waals surface area contributed by atoms with Crippen LogP contribution in [-0.4, -0.2) is 27.1 Å². The van der Waals surface area contributed by atoms with E-state index in [1.54, 1.807) is 12.5 Å². The number of para-hydroxylation sites is 1. The molecular formula is C14H16ClN3S. The molecule has 1 aromatic carbocycles. The lowest BCUT2D eigenvalue weighted by Crippen LogP contribution is -2.25. The molecule has 0 aliphatic carbocycles. The summed E-state index contributed by atoms with van der Waals surface area (Å²) in [4.78, 5) is 4.10. The second-order valence-electron chi connectivity index (χ2n) is 4.64. The number of thioether (sulfide) groups is 1. The van der Waals surface area contributed by atoms with Crippen LogP contribution in [0.5, 0.6) is 0 Å². The Labute approximate surface area is 122 Å². The topological polar surface area (TPSA) is 29.9 Å². The van der Waals surface area contributed by atoms with E-state index in [-0.39, 0.29) is 0 Å². The summed E-state index contributed by atoms with van der Waals surface area (Å²) < 4.78 is 1.96. The average Bonchev–Trinajstić information content (AvgIpc) is 2.94. The Morgan fingerprint density at radius 2 is 2.16 bits per heavy atom. The lowest BCUT2D eigenvalue weighted by Gasteiger charge is -2.25. The summed E-state index contributed by atoms with van der Waals surface area (Å²) in [5.74, 6) is 2.47. The lowest BCUT2D eigenvalue weighted by atomic mass is 10.1. The number of imidazole rings is 1. The molecule has 0 radical (unpaired) electrons. The van der Waals surface area contributed by atoms with Gasteiger partial charge in [-0.25, -0.2) is 4.98 Å². The molecule has 2 aromatic rings. The van der Waals surface area contributed by atoms with Crippen molar-refractivity contribution in [2.24, 2.45) is 0 Å². The van der Waals surface area contributed by atoms with Crippen molar-refractivity contribution >= 4 is 29.1 Å². The maximum atomic E-state index is 6.35. The first-order valence-corrected chi connectivity index (χ1v) is 7.99. The molecule has 19 heavy (non-hydrogen) atoms. The van der Waals surface area contributed by atoms with Crippen LogP contribution in [0.1, 0.15) is 12.8 Å². The molecule has 1 aliphatic rings. The van der Waals surface area contributed by atoms with E-state index in [4.69, 9.17) is 11.6 Å². The first-order chi connectivity index (χ1) is 9.34. The summed E-state index contributed by atoms with van der Waals surface area (Å²) in [6.45, 7) is 0. The van der Waals surface area contributed by atoms with Gasteiger partial charge in [-0.1, -0.05) is 17.7 Å². The number of rotatable bonds is 3. The van der Waals surface area contributed by atoms with Crippen molar-refractivity contribution in [2.75, 3.05) is 16.8 Å². The summed E-state index contributed by atoms with van der Waals surface area (Å²) in [6.07, 6.45) is 7.89. The van der Waals surface area contributed by atoms with Gasteiger partial charge in [-0.15, -0.1) is 0 Å². The molecule has 3 nitrogen and oxygen atoms in total. The van der Waals surface area contributed by atoms with E-state index in [9.17, 15) is 0 Å². The standard InChI is InChI=1S/C14H16ClN3S/c15-12-2-1-3-13(14(12)18-7-6-16-10-18)17-11-4-8-19-9-5-11/h1-3,6-7,10-11,17H,4-5,8-9H2. The largest absolute Gasteiger partial charge is 0.381 e. The van der Waals surface area contributed by atoms with Crippen molar-refractivity contribution in [1.29, 1.82) is 0 Å². The summed E-state index contributed by atoms with van der Waals surface area (Å²) in [5.41, 5.74) is 2.07. The van der Waals surface area contributed by atoms with E-state index in [2.05, 4.69) is 16.4 Å². The van der Waals surface area contributed by atoms with Gasteiger partial charge in [-0.05, 0) is 36.5 Å². The summed E-state index contributed by atoms with van der Waals surface area (Å²) in [6, 6.07) is 6.53. The number of aromatic nitrogens is 2. The fourth-order valence-corrected chi connectivity index (χ4v) is 3.73. The highest BCUT2D eigenvalue weighted by Crippen LogP contribution is 2.30. The number of benzene rings is 1. The van der Waals surface area contributed by atoms with Gasteiger partial charge in [0.15, 0.2) is 0 Å². The zero-order valence-corrected chi connectivity index (χ0v) is 12.1. The molecule has 1 aliphatic heterocycles. The molecule has 1 saturated heterocycles. The normalized spacial score (nSPS) is 16.5. The van der Waals surface area contributed by atoms with Crippen LogP contribution in [0.25, 0.3) is 5.69 Å². The Bertz CT molecular complexity index is 536. The number of hydrogen-bond acceptors (Lipinski definition) is 3. The van der Waals surface area contributed by atoms with Crippen LogP contribution in [0.3, 0.4) is 0 Å². The third-order valence-corrected chi connectivity index (χ3v) is 4.68. The third-order valence-electron chi connectivity index (χ3n) is 3.33. The van der Waals surface area contributed by atoms with E-state index >= 15 is 0 Å². The molecule has 0 saturated carbocycles. The molecule has 1 fully saturated rings. The minimum atomic E-state index is 0.544. The molecule has 0 spiro atoms. The minimum absolute atomic E-state index is 0.544. The number of halogens is 1. The molecule has 1 aromatic heterocycles. The van der Waals surface area contributed by atoms with Crippen LogP contribution in [-0.2, 0) is 0 Å². The van der Waals surface area contributed by atoms with Gasteiger partial charge >= 0.3 is 0 Å². The maximum Gasteiger partial charge on any atom is 0.0992 e. The molecule has 0 atom stereocenters. The highest BCUT2D eigenvalue weighted by molar-refractivity contribution is 7.99. The van der Waals surface area contributed by atoms with Crippen molar-refractivity contribution in [3.05, 3.63) is 41.9 Å². The van der Waals surface area contributed by atoms with Gasteiger partial charge in [-0.2, -0.15) is 11.8 Å². The van der Waals surface area contributed by atoms with Crippen LogP contribution in [0.15, 0.2) is 36.9 Å². The van der Waals surface area contributed by atoms with E-state index in [1.807, 2.05) is 34.7 Å². The maximum absolute atomic E-state index is 6.35. The van der Waals surface area contributed by atoms with Gasteiger partial charge in [0, 0.05) is 18.4 Å². The molecule has 100 valence electrons. The second kappa shape index (κ2) is 5.88. The number of hydrogen-bond donors (Lipinski definition) is 1. The molecular weight excluding hydrogens is 278 g/mol. The smallest absolute Gasteiger partial charge is 0.0992 e. The molecule has 0 bridgehead atoms. The van der Waals surface area contributed by atoms with Crippen molar-refractivity contribution in [3.63, 3.8) is 0 Å². The SMILES string of the molecule is Clc1cccc(NC2CCSCC2)c1-n1ccnc1. The highest BCUT2D eigenvalue weighted by atomic mass is 35.5. The highest BCUT2D eigenvalue weighted by Gasteiger charge is 2.16. The quantitative estimate of drug-likeness (QED) is 0.933. The molecule has 5 heteroatoms. The average molecular weight is 294 g/mol. The Morgan fingerprint density at radius 3 is 2.89 bits per heavy atom. The number of nitrogens with one attached hydrogen (secondary N) is 1. The Balaban J connectivity index is 1.90. The number of anilines is 1. The predicted molar refractivity (Wildman–Crippen MR) is 82.5 cm³/mol. The van der Waals surface area contributed by atoms with Gasteiger partial charge in [0.25, 0.3) is 0 Å². The number of nitrogens with zero attached hydrogens (tertiary/aromatic N) is 2. The summed E-state index contributed by atoms with van der Waals surface area (Å²) in [7, 11) is 0. The van der Waals surface area contributed by atoms with Crippen molar-refractivity contribution in [2.45, 2.75) is 18.9 Å². The minimum Gasteiger partial charge on any atom is -0.381 e. The third kappa shape index (κ3) is 2.90. The van der Waals surface area contributed by atoms with Crippen LogP contribution in [0.4, 0.5) is 5.69 Å². The fraction of sp³-hybridized carbons (Fsp3) is 0.357. The van der Waals surface area contributed by atoms with Gasteiger partial charge in [0.05, 0.1) is 22.7 Å². The lowest BCUT2D eigenvalue weighted by molar-refractivity contribution is 0.666.